The van der Waals surface area contributed by atoms with Crippen LogP contribution in [-0.4, -0.2) is 28.5 Å². The molecule has 0 aliphatic carbocycles. The quantitative estimate of drug-likeness (QED) is 0.798. The zero-order chi connectivity index (χ0) is 14.5. The average Bonchev–Trinajstić information content (AvgIpc) is 2.35. The van der Waals surface area contributed by atoms with Gasteiger partial charge in [-0.15, -0.1) is 0 Å². The summed E-state index contributed by atoms with van der Waals surface area (Å²) in [5.41, 5.74) is 0.370. The molecule has 2 N–H and O–H groups in total. The topological polar surface area (TPSA) is 49.7 Å². The van der Waals surface area contributed by atoms with E-state index in [-0.39, 0.29) is 18.6 Å². The van der Waals surface area contributed by atoms with E-state index >= 15 is 0 Å². The van der Waals surface area contributed by atoms with Crippen molar-refractivity contribution >= 4 is 0 Å². The largest absolute Gasteiger partial charge is 0.491 e. The standard InChI is InChI=1S/C16H26O3/c1-12(2)16(4,18)11-19-15-9-7-14(8-10-15)6-5-13(3)17/h7-10,12-13,17-18H,5-6,11H2,1-4H3. The lowest BCUT2D eigenvalue weighted by atomic mass is 9.94. The molecule has 2 atom stereocenters. The summed E-state index contributed by atoms with van der Waals surface area (Å²) in [5, 5.41) is 19.3. The van der Waals surface area contributed by atoms with Gasteiger partial charge in [-0.05, 0) is 50.3 Å². The Balaban J connectivity index is 2.48. The van der Waals surface area contributed by atoms with Crippen molar-refractivity contribution in [3.63, 3.8) is 0 Å². The molecule has 0 aliphatic heterocycles. The third kappa shape index (κ3) is 5.62. The molecule has 1 aromatic carbocycles. The molecule has 0 saturated carbocycles. The number of aliphatic hydroxyl groups is 2. The van der Waals surface area contributed by atoms with Crippen LogP contribution in [0, 0.1) is 5.92 Å². The lowest BCUT2D eigenvalue weighted by Crippen LogP contribution is -2.37. The lowest BCUT2D eigenvalue weighted by molar-refractivity contribution is -0.0266. The summed E-state index contributed by atoms with van der Waals surface area (Å²) in [6.45, 7) is 7.82. The zero-order valence-corrected chi connectivity index (χ0v) is 12.4. The van der Waals surface area contributed by atoms with Crippen LogP contribution in [0.1, 0.15) is 39.7 Å². The molecule has 0 bridgehead atoms. The molecule has 2 unspecified atom stereocenters. The highest BCUT2D eigenvalue weighted by molar-refractivity contribution is 5.27. The summed E-state index contributed by atoms with van der Waals surface area (Å²) in [6.07, 6.45) is 1.36. The smallest absolute Gasteiger partial charge is 0.119 e. The first-order chi connectivity index (χ1) is 8.81. The van der Waals surface area contributed by atoms with Gasteiger partial charge < -0.3 is 14.9 Å². The first-order valence-corrected chi connectivity index (χ1v) is 6.93. The Labute approximate surface area is 116 Å². The summed E-state index contributed by atoms with van der Waals surface area (Å²) in [6, 6.07) is 7.82. The molecular weight excluding hydrogens is 240 g/mol. The second kappa shape index (κ2) is 6.92. The molecule has 0 fully saturated rings. The van der Waals surface area contributed by atoms with E-state index in [1.165, 1.54) is 5.56 Å². The van der Waals surface area contributed by atoms with Gasteiger partial charge in [-0.1, -0.05) is 26.0 Å². The normalized spacial score (nSPS) is 16.2. The summed E-state index contributed by atoms with van der Waals surface area (Å²) >= 11 is 0. The Bertz CT molecular complexity index is 366. The molecule has 19 heavy (non-hydrogen) atoms. The number of aliphatic hydroxyl groups excluding tert-OH is 1. The minimum atomic E-state index is -0.814. The Morgan fingerprint density at radius 3 is 2.21 bits per heavy atom. The monoisotopic (exact) mass is 266 g/mol. The Hall–Kier alpha value is -1.06. The highest BCUT2D eigenvalue weighted by atomic mass is 16.5. The predicted molar refractivity (Wildman–Crippen MR) is 77.4 cm³/mol. The zero-order valence-electron chi connectivity index (χ0n) is 12.4. The van der Waals surface area contributed by atoms with Crippen LogP contribution in [0.5, 0.6) is 5.75 Å². The van der Waals surface area contributed by atoms with Gasteiger partial charge in [0.15, 0.2) is 0 Å². The average molecular weight is 266 g/mol. The van der Waals surface area contributed by atoms with Crippen LogP contribution in [-0.2, 0) is 6.42 Å². The van der Waals surface area contributed by atoms with Crippen molar-refractivity contribution in [2.45, 2.75) is 52.2 Å². The van der Waals surface area contributed by atoms with Crippen molar-refractivity contribution in [2.24, 2.45) is 5.92 Å². The maximum atomic E-state index is 10.1. The maximum absolute atomic E-state index is 10.1. The molecule has 0 saturated heterocycles. The van der Waals surface area contributed by atoms with Gasteiger partial charge in [0, 0.05) is 0 Å². The van der Waals surface area contributed by atoms with Gasteiger partial charge in [0.2, 0.25) is 0 Å². The van der Waals surface area contributed by atoms with Gasteiger partial charge >= 0.3 is 0 Å². The molecule has 108 valence electrons. The predicted octanol–water partition coefficient (Wildman–Crippen LogP) is 2.79. The first kappa shape index (κ1) is 16.0. The maximum Gasteiger partial charge on any atom is 0.119 e. The van der Waals surface area contributed by atoms with E-state index in [2.05, 4.69) is 0 Å². The van der Waals surface area contributed by atoms with Crippen molar-refractivity contribution in [3.05, 3.63) is 29.8 Å². The molecule has 0 radical (unpaired) electrons. The van der Waals surface area contributed by atoms with Crippen molar-refractivity contribution in [2.75, 3.05) is 6.61 Å². The number of ether oxygens (including phenoxy) is 1. The fourth-order valence-corrected chi connectivity index (χ4v) is 1.52. The second-order valence-corrected chi connectivity index (χ2v) is 5.83. The van der Waals surface area contributed by atoms with Gasteiger partial charge in [0.05, 0.1) is 11.7 Å². The van der Waals surface area contributed by atoms with E-state index in [1.807, 2.05) is 38.1 Å². The van der Waals surface area contributed by atoms with Gasteiger partial charge in [-0.25, -0.2) is 0 Å². The SMILES string of the molecule is CC(O)CCc1ccc(OCC(C)(O)C(C)C)cc1. The third-order valence-electron chi connectivity index (χ3n) is 3.55. The Kier molecular flexibility index (Phi) is 5.83. The number of hydrogen-bond acceptors (Lipinski definition) is 3. The minimum Gasteiger partial charge on any atom is -0.491 e. The van der Waals surface area contributed by atoms with Crippen LogP contribution < -0.4 is 4.74 Å². The number of hydrogen-bond donors (Lipinski definition) is 2. The van der Waals surface area contributed by atoms with E-state index < -0.39 is 5.60 Å². The molecule has 3 nitrogen and oxygen atoms in total. The summed E-state index contributed by atoms with van der Waals surface area (Å²) in [4.78, 5) is 0. The van der Waals surface area contributed by atoms with E-state index in [9.17, 15) is 10.2 Å². The summed E-state index contributed by atoms with van der Waals surface area (Å²) < 4.78 is 5.61. The van der Waals surface area contributed by atoms with Crippen molar-refractivity contribution in [3.8, 4) is 5.75 Å². The highest BCUT2D eigenvalue weighted by Crippen LogP contribution is 2.19. The van der Waals surface area contributed by atoms with Gasteiger partial charge in [-0.2, -0.15) is 0 Å². The third-order valence-corrected chi connectivity index (χ3v) is 3.55. The highest BCUT2D eigenvalue weighted by Gasteiger charge is 2.25. The van der Waals surface area contributed by atoms with E-state index in [0.29, 0.717) is 0 Å². The second-order valence-electron chi connectivity index (χ2n) is 5.83. The van der Waals surface area contributed by atoms with Crippen molar-refractivity contribution in [1.82, 2.24) is 0 Å². The van der Waals surface area contributed by atoms with E-state index in [0.717, 1.165) is 18.6 Å². The number of rotatable bonds is 7. The molecule has 1 rings (SSSR count). The Morgan fingerprint density at radius 2 is 1.74 bits per heavy atom. The first-order valence-electron chi connectivity index (χ1n) is 6.93. The fraction of sp³-hybridized carbons (Fsp3) is 0.625. The molecule has 0 aliphatic rings. The van der Waals surface area contributed by atoms with Crippen LogP contribution in [0.2, 0.25) is 0 Å². The number of benzene rings is 1. The number of aryl methyl sites for hydroxylation is 1. The molecule has 3 heteroatoms. The van der Waals surface area contributed by atoms with Crippen molar-refractivity contribution < 1.29 is 14.9 Å². The van der Waals surface area contributed by atoms with Crippen molar-refractivity contribution in [1.29, 1.82) is 0 Å². The molecule has 0 heterocycles. The minimum absolute atomic E-state index is 0.151. The van der Waals surface area contributed by atoms with Gasteiger partial charge in [0.25, 0.3) is 0 Å². The van der Waals surface area contributed by atoms with Gasteiger partial charge in [-0.3, -0.25) is 0 Å². The molecule has 0 aromatic heterocycles. The van der Waals surface area contributed by atoms with Crippen LogP contribution in [0.3, 0.4) is 0 Å². The van der Waals surface area contributed by atoms with Crippen LogP contribution in [0.15, 0.2) is 24.3 Å². The van der Waals surface area contributed by atoms with Crippen LogP contribution in [0.4, 0.5) is 0 Å². The molecule has 1 aromatic rings. The lowest BCUT2D eigenvalue weighted by Gasteiger charge is -2.27. The summed E-state index contributed by atoms with van der Waals surface area (Å²) in [5.74, 6) is 0.916. The van der Waals surface area contributed by atoms with Crippen LogP contribution >= 0.6 is 0 Å². The van der Waals surface area contributed by atoms with E-state index in [4.69, 9.17) is 4.74 Å². The van der Waals surface area contributed by atoms with E-state index in [1.54, 1.807) is 13.8 Å². The molecule has 0 spiro atoms. The fourth-order valence-electron chi connectivity index (χ4n) is 1.52. The summed E-state index contributed by atoms with van der Waals surface area (Å²) in [7, 11) is 0. The van der Waals surface area contributed by atoms with Crippen LogP contribution in [0.25, 0.3) is 0 Å². The van der Waals surface area contributed by atoms with Gasteiger partial charge in [0.1, 0.15) is 12.4 Å². The molecular formula is C16H26O3. The molecule has 0 amide bonds. The Morgan fingerprint density at radius 1 is 1.16 bits per heavy atom.